The molecule has 3 aliphatic rings. The minimum atomic E-state index is -4.34. The summed E-state index contributed by atoms with van der Waals surface area (Å²) in [5, 5.41) is 2.30. The molecule has 3 fully saturated rings. The second-order valence-corrected chi connectivity index (χ2v) is 15.2. The Bertz CT molecular complexity index is 1630. The predicted octanol–water partition coefficient (Wildman–Crippen LogP) is 6.91. The van der Waals surface area contributed by atoms with Crippen LogP contribution in [0.15, 0.2) is 97.1 Å². The molecule has 0 unspecified atom stereocenters. The molecule has 0 aromatic heterocycles. The fourth-order valence-electron chi connectivity index (χ4n) is 7.07. The second kappa shape index (κ2) is 24.7. The number of benzene rings is 3. The number of methoxy groups -OCH3 is 1. The summed E-state index contributed by atoms with van der Waals surface area (Å²) < 4.78 is 41.6. The molecule has 6 rings (SSSR count). The van der Waals surface area contributed by atoms with Crippen molar-refractivity contribution in [3.63, 3.8) is 0 Å². The van der Waals surface area contributed by atoms with Gasteiger partial charge in [-0.3, -0.25) is 19.2 Å². The van der Waals surface area contributed by atoms with Crippen LogP contribution in [0.2, 0.25) is 0 Å². The first-order chi connectivity index (χ1) is 27.8. The van der Waals surface area contributed by atoms with Crippen LogP contribution < -0.4 is 5.32 Å². The number of nitrogens with one attached hydrogen (secondary N) is 1. The molecular weight excluding hydrogens is 748 g/mol. The summed E-state index contributed by atoms with van der Waals surface area (Å²) in [6, 6.07) is 26.9. The Labute approximate surface area is 342 Å². The molecule has 0 bridgehead atoms. The Morgan fingerprint density at radius 3 is 1.95 bits per heavy atom. The monoisotopic (exact) mass is 807 g/mol. The molecule has 0 aliphatic carbocycles. The normalized spacial score (nSPS) is 18.6. The molecule has 3 aliphatic heterocycles. The molecule has 3 aromatic rings. The van der Waals surface area contributed by atoms with Crippen LogP contribution in [0.1, 0.15) is 69.6 Å². The van der Waals surface area contributed by atoms with E-state index in [1.165, 1.54) is 62.2 Å². The van der Waals surface area contributed by atoms with Crippen molar-refractivity contribution in [2.24, 2.45) is 0 Å². The minimum absolute atomic E-state index is 0.0200. The highest BCUT2D eigenvalue weighted by Crippen LogP contribution is 2.33. The molecule has 2 atom stereocenters. The molecule has 0 radical (unpaired) electrons. The van der Waals surface area contributed by atoms with E-state index in [2.05, 4.69) is 10.2 Å². The van der Waals surface area contributed by atoms with Gasteiger partial charge >= 0.3 is 6.18 Å². The third kappa shape index (κ3) is 15.7. The molecule has 0 saturated carbocycles. The SMILES string of the molecule is COCCN(C=O)[C@@H]1C(=O)N(C(C)(C)C)[C@@H]1/C=C/c1ccccc1.O=CN1CCC(N2CCCCC2)CC1.O=CNCc1cccc(C(F)(F)F)c1.c1ccccc1. The van der Waals surface area contributed by atoms with Gasteiger partial charge in [0, 0.05) is 44.9 Å². The maximum atomic E-state index is 12.6. The predicted molar refractivity (Wildman–Crippen MR) is 221 cm³/mol. The molecular formula is C45H60F3N5O5. The van der Waals surface area contributed by atoms with E-state index in [0.717, 1.165) is 49.6 Å². The van der Waals surface area contributed by atoms with Crippen LogP contribution in [0.4, 0.5) is 13.2 Å². The van der Waals surface area contributed by atoms with Gasteiger partial charge in [0.1, 0.15) is 6.04 Å². The van der Waals surface area contributed by atoms with Crippen molar-refractivity contribution in [1.82, 2.24) is 24.9 Å². The van der Waals surface area contributed by atoms with Crippen LogP contribution in [0, 0.1) is 0 Å². The van der Waals surface area contributed by atoms with Gasteiger partial charge in [0.15, 0.2) is 0 Å². The first-order valence-electron chi connectivity index (χ1n) is 19.9. The van der Waals surface area contributed by atoms with Crippen LogP contribution in [-0.4, -0.2) is 115 Å². The third-order valence-corrected chi connectivity index (χ3v) is 10.0. The molecule has 316 valence electrons. The number of nitrogens with zero attached hydrogens (tertiary/aromatic N) is 4. The van der Waals surface area contributed by atoms with E-state index in [9.17, 15) is 32.3 Å². The Hall–Kier alpha value is -5.01. The van der Waals surface area contributed by atoms with Gasteiger partial charge < -0.3 is 29.7 Å². The molecule has 13 heteroatoms. The fourth-order valence-corrected chi connectivity index (χ4v) is 7.07. The Morgan fingerprint density at radius 1 is 0.828 bits per heavy atom. The lowest BCUT2D eigenvalue weighted by Gasteiger charge is -2.55. The van der Waals surface area contributed by atoms with Crippen LogP contribution in [0.25, 0.3) is 6.08 Å². The van der Waals surface area contributed by atoms with Crippen molar-refractivity contribution < 1.29 is 37.1 Å². The number of amides is 4. The van der Waals surface area contributed by atoms with Gasteiger partial charge in [-0.1, -0.05) is 97.4 Å². The molecule has 3 aromatic carbocycles. The van der Waals surface area contributed by atoms with Gasteiger partial charge in [-0.25, -0.2) is 0 Å². The number of hydrogen-bond acceptors (Lipinski definition) is 6. The number of alkyl halides is 3. The van der Waals surface area contributed by atoms with E-state index in [-0.39, 0.29) is 24.0 Å². The van der Waals surface area contributed by atoms with Crippen LogP contribution in [0.3, 0.4) is 0 Å². The fraction of sp³-hybridized carbons (Fsp3) is 0.467. The summed E-state index contributed by atoms with van der Waals surface area (Å²) in [7, 11) is 1.58. The highest BCUT2D eigenvalue weighted by molar-refractivity contribution is 5.92. The number of rotatable bonds is 12. The minimum Gasteiger partial charge on any atom is -0.383 e. The van der Waals surface area contributed by atoms with Crippen molar-refractivity contribution >= 4 is 31.2 Å². The molecule has 58 heavy (non-hydrogen) atoms. The van der Waals surface area contributed by atoms with E-state index >= 15 is 0 Å². The summed E-state index contributed by atoms with van der Waals surface area (Å²) in [6.45, 7) is 11.4. The average molecular weight is 808 g/mol. The van der Waals surface area contributed by atoms with E-state index in [1.807, 2.05) is 109 Å². The van der Waals surface area contributed by atoms with E-state index in [4.69, 9.17) is 4.74 Å². The van der Waals surface area contributed by atoms with Gasteiger partial charge in [-0.2, -0.15) is 13.2 Å². The number of carbonyl (C=O) groups is 4. The molecule has 0 spiro atoms. The van der Waals surface area contributed by atoms with Gasteiger partial charge in [-0.15, -0.1) is 0 Å². The van der Waals surface area contributed by atoms with Crippen molar-refractivity contribution in [3.8, 4) is 0 Å². The van der Waals surface area contributed by atoms with Gasteiger partial charge in [0.05, 0.1) is 18.2 Å². The molecule has 3 saturated heterocycles. The highest BCUT2D eigenvalue weighted by Gasteiger charge is 2.52. The largest absolute Gasteiger partial charge is 0.416 e. The summed E-state index contributed by atoms with van der Waals surface area (Å²) in [5.41, 5.74) is 0.489. The summed E-state index contributed by atoms with van der Waals surface area (Å²) >= 11 is 0. The maximum Gasteiger partial charge on any atom is 0.416 e. The highest BCUT2D eigenvalue weighted by atomic mass is 19.4. The zero-order valence-electron chi connectivity index (χ0n) is 34.2. The van der Waals surface area contributed by atoms with Gasteiger partial charge in [0.2, 0.25) is 25.1 Å². The number of carbonyl (C=O) groups excluding carboxylic acids is 4. The first kappa shape index (κ1) is 47.4. The Balaban J connectivity index is 0.000000226. The maximum absolute atomic E-state index is 12.6. The van der Waals surface area contributed by atoms with Crippen LogP contribution >= 0.6 is 0 Å². The Morgan fingerprint density at radius 2 is 1.43 bits per heavy atom. The number of ether oxygens (including phenoxy) is 1. The molecule has 3 heterocycles. The molecule has 4 amide bonds. The number of hydrogen-bond donors (Lipinski definition) is 1. The van der Waals surface area contributed by atoms with E-state index in [0.29, 0.717) is 25.1 Å². The van der Waals surface area contributed by atoms with Crippen molar-refractivity contribution in [2.75, 3.05) is 46.4 Å². The summed E-state index contributed by atoms with van der Waals surface area (Å²) in [4.78, 5) is 52.5. The molecule has 1 N–H and O–H groups in total. The number of halogens is 3. The van der Waals surface area contributed by atoms with Gasteiger partial charge in [0.25, 0.3) is 0 Å². The third-order valence-electron chi connectivity index (χ3n) is 10.0. The first-order valence-corrected chi connectivity index (χ1v) is 19.9. The summed E-state index contributed by atoms with van der Waals surface area (Å²) in [6.07, 6.45) is 8.36. The zero-order valence-corrected chi connectivity index (χ0v) is 34.2. The lowest BCUT2D eigenvalue weighted by Crippen LogP contribution is -2.74. The lowest BCUT2D eigenvalue weighted by molar-refractivity contribution is -0.167. The smallest absolute Gasteiger partial charge is 0.383 e. The van der Waals surface area contributed by atoms with E-state index in [1.54, 1.807) is 7.11 Å². The van der Waals surface area contributed by atoms with Crippen molar-refractivity contribution in [3.05, 3.63) is 114 Å². The Kier molecular flexibility index (Phi) is 20.2. The number of piperidine rings is 2. The zero-order chi connectivity index (χ0) is 42.4. The second-order valence-electron chi connectivity index (χ2n) is 15.2. The van der Waals surface area contributed by atoms with Gasteiger partial charge in [-0.05, 0) is 82.8 Å². The van der Waals surface area contributed by atoms with Crippen molar-refractivity contribution in [2.45, 2.75) is 89.3 Å². The van der Waals surface area contributed by atoms with Crippen LogP contribution in [0.5, 0.6) is 0 Å². The average Bonchev–Trinajstić information content (AvgIpc) is 3.24. The number of β-lactam (4-membered cyclic amide) rings is 1. The quantitative estimate of drug-likeness (QED) is 0.158. The molecule has 10 nitrogen and oxygen atoms in total. The standard InChI is InChI=1S/C19H26N2O3.C11H20N2O.C9H8F3NO.C6H6/c1-19(2,3)21-16(11-10-15-8-6-5-7-9-15)17(18(21)23)20(14-22)12-13-24-4;14-10-12-8-4-11(5-9-12)13-6-2-1-3-7-13;10-9(11,12)8-3-1-2-7(4-8)5-13-6-14;1-2-4-6-5-3-1/h5-11,14,16-17H,12-13H2,1-4H3;10-11H,1-9H2;1-4,6H,5H2,(H,13,14);1-6H/b11-10+;;;/t16-,17+;;;/m1.../s1. The van der Waals surface area contributed by atoms with Crippen molar-refractivity contribution in [1.29, 1.82) is 0 Å². The lowest BCUT2D eigenvalue weighted by atomic mass is 9.86. The topological polar surface area (TPSA) is 102 Å². The van der Waals surface area contributed by atoms with Crippen LogP contribution in [-0.2, 0) is 36.6 Å². The van der Waals surface area contributed by atoms with E-state index < -0.39 is 17.8 Å². The number of likely N-dealkylation sites (tertiary alicyclic amines) is 3. The summed E-state index contributed by atoms with van der Waals surface area (Å²) in [5.74, 6) is -0.0200.